The second kappa shape index (κ2) is 5.11. The van der Waals surface area contributed by atoms with Crippen molar-refractivity contribution in [3.8, 4) is 0 Å². The van der Waals surface area contributed by atoms with E-state index in [-0.39, 0.29) is 17.4 Å². The molecule has 0 unspecified atom stereocenters. The quantitative estimate of drug-likeness (QED) is 0.847. The van der Waals surface area contributed by atoms with Gasteiger partial charge in [0, 0.05) is 30.5 Å². The highest BCUT2D eigenvalue weighted by Crippen LogP contribution is 2.35. The Kier molecular flexibility index (Phi) is 3.50. The summed E-state index contributed by atoms with van der Waals surface area (Å²) < 4.78 is 2.29. The van der Waals surface area contributed by atoms with Crippen LogP contribution in [0.4, 0.5) is 0 Å². The lowest BCUT2D eigenvalue weighted by atomic mass is 10.1. The van der Waals surface area contributed by atoms with Crippen LogP contribution in [-0.2, 0) is 4.79 Å². The number of hydrogen-bond donors (Lipinski definition) is 0. The molecule has 0 spiro atoms. The minimum Gasteiger partial charge on any atom is -0.337 e. The highest BCUT2D eigenvalue weighted by Gasteiger charge is 2.39. The zero-order valence-electron chi connectivity index (χ0n) is 14.1. The van der Waals surface area contributed by atoms with Crippen molar-refractivity contribution in [2.45, 2.75) is 58.5 Å². The molecule has 2 heterocycles. The molecule has 0 radical (unpaired) electrons. The maximum atomic E-state index is 12.4. The van der Waals surface area contributed by atoms with Crippen molar-refractivity contribution < 1.29 is 4.79 Å². The third-order valence-electron chi connectivity index (χ3n) is 4.44. The molecule has 4 heteroatoms. The number of aromatic nitrogens is 2. The van der Waals surface area contributed by atoms with E-state index in [1.807, 2.05) is 17.0 Å². The molecule has 1 aromatic carbocycles. The van der Waals surface area contributed by atoms with Crippen molar-refractivity contribution in [3.63, 3.8) is 0 Å². The lowest BCUT2D eigenvalue weighted by Gasteiger charge is -2.32. The van der Waals surface area contributed by atoms with Gasteiger partial charge in [-0.05, 0) is 46.8 Å². The summed E-state index contributed by atoms with van der Waals surface area (Å²) in [4.78, 5) is 19.2. The van der Waals surface area contributed by atoms with Crippen LogP contribution in [0.1, 0.15) is 58.8 Å². The number of amides is 1. The normalized spacial score (nSPS) is 19.6. The Morgan fingerprint density at radius 3 is 2.50 bits per heavy atom. The molecule has 1 aromatic heterocycles. The third kappa shape index (κ3) is 2.40. The molecule has 0 saturated carbocycles. The van der Waals surface area contributed by atoms with Crippen molar-refractivity contribution in [3.05, 3.63) is 30.1 Å². The molecule has 4 nitrogen and oxygen atoms in total. The fourth-order valence-corrected chi connectivity index (χ4v) is 3.42. The first kappa shape index (κ1) is 15.1. The van der Waals surface area contributed by atoms with Gasteiger partial charge in [0.15, 0.2) is 0 Å². The van der Waals surface area contributed by atoms with Crippen LogP contribution in [0.25, 0.3) is 11.0 Å². The molecule has 0 aliphatic carbocycles. The van der Waals surface area contributed by atoms with Crippen LogP contribution in [0.2, 0.25) is 0 Å². The Hall–Kier alpha value is -1.84. The lowest BCUT2D eigenvalue weighted by molar-refractivity contribution is -0.131. The molecule has 1 amide bonds. The number of hydrogen-bond acceptors (Lipinski definition) is 2. The van der Waals surface area contributed by atoms with Gasteiger partial charge in [0.25, 0.3) is 0 Å². The SMILES string of the molecule is CC(C)n1c([C@@H]2CC(=O)N(C(C)(C)C)C2)nc2ccccc21. The molecule has 2 aromatic rings. The monoisotopic (exact) mass is 299 g/mol. The first-order valence-electron chi connectivity index (χ1n) is 8.06. The van der Waals surface area contributed by atoms with Crippen LogP contribution in [0.5, 0.6) is 0 Å². The van der Waals surface area contributed by atoms with Crippen molar-refractivity contribution >= 4 is 16.9 Å². The molecule has 0 N–H and O–H groups in total. The summed E-state index contributed by atoms with van der Waals surface area (Å²) in [6.07, 6.45) is 0.563. The fourth-order valence-electron chi connectivity index (χ4n) is 3.42. The maximum Gasteiger partial charge on any atom is 0.223 e. The Balaban J connectivity index is 2.04. The van der Waals surface area contributed by atoms with Gasteiger partial charge < -0.3 is 9.47 Å². The van der Waals surface area contributed by atoms with E-state index in [2.05, 4.69) is 51.3 Å². The molecular formula is C18H25N3O. The average Bonchev–Trinajstić information content (AvgIpc) is 2.98. The highest BCUT2D eigenvalue weighted by molar-refractivity contribution is 5.81. The Bertz CT molecular complexity index is 709. The van der Waals surface area contributed by atoms with Crippen LogP contribution < -0.4 is 0 Å². The number of nitrogens with zero attached hydrogens (tertiary/aromatic N) is 3. The minimum absolute atomic E-state index is 0.124. The molecule has 0 bridgehead atoms. The molecular weight excluding hydrogens is 274 g/mol. The van der Waals surface area contributed by atoms with Gasteiger partial charge in [-0.2, -0.15) is 0 Å². The van der Waals surface area contributed by atoms with Gasteiger partial charge in [-0.1, -0.05) is 12.1 Å². The highest BCUT2D eigenvalue weighted by atomic mass is 16.2. The zero-order valence-corrected chi connectivity index (χ0v) is 14.1. The number of benzene rings is 1. The second-order valence-corrected chi connectivity index (χ2v) is 7.50. The standard InChI is InChI=1S/C18H25N3O/c1-12(2)21-15-9-7-6-8-14(15)19-17(21)13-10-16(22)20(11-13)18(3,4)5/h6-9,12-13H,10-11H2,1-5H3/t13-/m1/s1. The van der Waals surface area contributed by atoms with E-state index in [1.54, 1.807) is 0 Å². The van der Waals surface area contributed by atoms with Crippen molar-refractivity contribution in [1.82, 2.24) is 14.5 Å². The number of carbonyl (C=O) groups excluding carboxylic acids is 1. The molecule has 118 valence electrons. The van der Waals surface area contributed by atoms with E-state index in [0.717, 1.165) is 23.4 Å². The van der Waals surface area contributed by atoms with Crippen LogP contribution in [0, 0.1) is 0 Å². The van der Waals surface area contributed by atoms with Gasteiger partial charge in [0.1, 0.15) is 5.82 Å². The predicted molar refractivity (Wildman–Crippen MR) is 88.9 cm³/mol. The first-order chi connectivity index (χ1) is 10.3. The second-order valence-electron chi connectivity index (χ2n) is 7.50. The van der Waals surface area contributed by atoms with Crippen LogP contribution in [-0.4, -0.2) is 32.4 Å². The number of carbonyl (C=O) groups is 1. The van der Waals surface area contributed by atoms with Crippen molar-refractivity contribution in [2.75, 3.05) is 6.54 Å². The minimum atomic E-state index is -0.124. The van der Waals surface area contributed by atoms with Crippen LogP contribution >= 0.6 is 0 Å². The number of para-hydroxylation sites is 2. The third-order valence-corrected chi connectivity index (χ3v) is 4.44. The molecule has 22 heavy (non-hydrogen) atoms. The first-order valence-corrected chi connectivity index (χ1v) is 8.06. The molecule has 1 atom stereocenters. The van der Waals surface area contributed by atoms with E-state index in [9.17, 15) is 4.79 Å². The van der Waals surface area contributed by atoms with Gasteiger partial charge in [0.2, 0.25) is 5.91 Å². The lowest BCUT2D eigenvalue weighted by Crippen LogP contribution is -2.42. The zero-order chi connectivity index (χ0) is 16.1. The number of likely N-dealkylation sites (tertiary alicyclic amines) is 1. The molecule has 1 fully saturated rings. The summed E-state index contributed by atoms with van der Waals surface area (Å²) in [7, 11) is 0. The van der Waals surface area contributed by atoms with E-state index >= 15 is 0 Å². The maximum absolute atomic E-state index is 12.4. The Labute approximate surface area is 132 Å². The van der Waals surface area contributed by atoms with E-state index < -0.39 is 0 Å². The van der Waals surface area contributed by atoms with Crippen molar-refractivity contribution in [1.29, 1.82) is 0 Å². The molecule has 1 aliphatic rings. The van der Waals surface area contributed by atoms with Gasteiger partial charge >= 0.3 is 0 Å². The molecule has 1 aliphatic heterocycles. The van der Waals surface area contributed by atoms with E-state index in [0.29, 0.717) is 12.5 Å². The summed E-state index contributed by atoms with van der Waals surface area (Å²) in [5.74, 6) is 1.47. The summed E-state index contributed by atoms with van der Waals surface area (Å²) in [6, 6.07) is 8.57. The summed E-state index contributed by atoms with van der Waals surface area (Å²) >= 11 is 0. The summed E-state index contributed by atoms with van der Waals surface area (Å²) in [6.45, 7) is 11.4. The van der Waals surface area contributed by atoms with Gasteiger partial charge in [-0.15, -0.1) is 0 Å². The Morgan fingerprint density at radius 1 is 1.23 bits per heavy atom. The van der Waals surface area contributed by atoms with Gasteiger partial charge in [0.05, 0.1) is 11.0 Å². The fraction of sp³-hybridized carbons (Fsp3) is 0.556. The Morgan fingerprint density at radius 2 is 1.91 bits per heavy atom. The van der Waals surface area contributed by atoms with Gasteiger partial charge in [-0.3, -0.25) is 4.79 Å². The topological polar surface area (TPSA) is 38.1 Å². The van der Waals surface area contributed by atoms with Crippen molar-refractivity contribution in [2.24, 2.45) is 0 Å². The summed E-state index contributed by atoms with van der Waals surface area (Å²) in [5, 5.41) is 0. The van der Waals surface area contributed by atoms with Crippen LogP contribution in [0.15, 0.2) is 24.3 Å². The predicted octanol–water partition coefficient (Wildman–Crippen LogP) is 3.73. The smallest absolute Gasteiger partial charge is 0.223 e. The molecule has 3 rings (SSSR count). The number of fused-ring (bicyclic) bond motifs is 1. The largest absolute Gasteiger partial charge is 0.337 e. The summed E-state index contributed by atoms with van der Waals surface area (Å²) in [5.41, 5.74) is 2.06. The van der Waals surface area contributed by atoms with E-state index in [1.165, 1.54) is 0 Å². The molecule has 1 saturated heterocycles. The number of imidazole rings is 1. The number of rotatable bonds is 2. The van der Waals surface area contributed by atoms with E-state index in [4.69, 9.17) is 4.98 Å². The van der Waals surface area contributed by atoms with Gasteiger partial charge in [-0.25, -0.2) is 4.98 Å². The average molecular weight is 299 g/mol. The van der Waals surface area contributed by atoms with Crippen LogP contribution in [0.3, 0.4) is 0 Å².